The Labute approximate surface area is 176 Å². The molecule has 0 radical (unpaired) electrons. The summed E-state index contributed by atoms with van der Waals surface area (Å²) in [7, 11) is 0. The molecule has 0 bridgehead atoms. The summed E-state index contributed by atoms with van der Waals surface area (Å²) in [4.78, 5) is 18.1. The van der Waals surface area contributed by atoms with Crippen LogP contribution in [0.5, 0.6) is 0 Å². The predicted molar refractivity (Wildman–Crippen MR) is 120 cm³/mol. The molecule has 3 nitrogen and oxygen atoms in total. The van der Waals surface area contributed by atoms with E-state index in [9.17, 15) is 4.79 Å². The standard InChI is InChI=1S/C22H17ClN2OS2/c1-14(28-19-10-8-18(23)9-11-19)21(26)25-22-24-20(13-27-22)17-7-6-15-4-2-3-5-16(15)12-17/h2-14H,1H3,(H,24,25,26). The third-order valence-corrected chi connectivity index (χ3v) is 6.40. The minimum Gasteiger partial charge on any atom is -0.301 e. The fraction of sp³-hybridized carbons (Fsp3) is 0.0909. The van der Waals surface area contributed by atoms with Crippen molar-refractivity contribution in [2.24, 2.45) is 0 Å². The molecule has 3 aromatic carbocycles. The summed E-state index contributed by atoms with van der Waals surface area (Å²) in [6, 6.07) is 22.0. The molecule has 0 aliphatic heterocycles. The Morgan fingerprint density at radius 1 is 1.07 bits per heavy atom. The zero-order chi connectivity index (χ0) is 19.5. The molecule has 0 aliphatic rings. The Bertz CT molecular complexity index is 1120. The number of aromatic nitrogens is 1. The van der Waals surface area contributed by atoms with E-state index in [0.29, 0.717) is 10.2 Å². The first kappa shape index (κ1) is 19.0. The number of hydrogen-bond donors (Lipinski definition) is 1. The highest BCUT2D eigenvalue weighted by Gasteiger charge is 2.16. The second-order valence-electron chi connectivity index (χ2n) is 6.30. The van der Waals surface area contributed by atoms with E-state index in [1.807, 2.05) is 48.7 Å². The van der Waals surface area contributed by atoms with Crippen molar-refractivity contribution < 1.29 is 4.79 Å². The van der Waals surface area contributed by atoms with Crippen LogP contribution in [0.15, 0.2) is 77.0 Å². The summed E-state index contributed by atoms with van der Waals surface area (Å²) in [6.07, 6.45) is 0. The Hall–Kier alpha value is -2.34. The summed E-state index contributed by atoms with van der Waals surface area (Å²) in [6.45, 7) is 1.88. The van der Waals surface area contributed by atoms with Gasteiger partial charge in [-0.2, -0.15) is 0 Å². The van der Waals surface area contributed by atoms with Crippen molar-refractivity contribution in [2.75, 3.05) is 5.32 Å². The smallest absolute Gasteiger partial charge is 0.239 e. The third kappa shape index (κ3) is 4.38. The molecule has 1 N–H and O–H groups in total. The van der Waals surface area contributed by atoms with Crippen molar-refractivity contribution >= 4 is 56.5 Å². The van der Waals surface area contributed by atoms with Gasteiger partial charge in [-0.05, 0) is 48.0 Å². The Morgan fingerprint density at radius 3 is 2.61 bits per heavy atom. The molecule has 0 aliphatic carbocycles. The van der Waals surface area contributed by atoms with Crippen molar-refractivity contribution in [3.63, 3.8) is 0 Å². The van der Waals surface area contributed by atoms with Crippen LogP contribution >= 0.6 is 34.7 Å². The van der Waals surface area contributed by atoms with Gasteiger partial charge in [0.15, 0.2) is 5.13 Å². The number of rotatable bonds is 5. The lowest BCUT2D eigenvalue weighted by atomic mass is 10.1. The quantitative estimate of drug-likeness (QED) is 0.361. The van der Waals surface area contributed by atoms with Gasteiger partial charge in [0, 0.05) is 20.9 Å². The molecule has 0 fully saturated rings. The van der Waals surface area contributed by atoms with Crippen LogP contribution in [0.25, 0.3) is 22.0 Å². The number of amides is 1. The van der Waals surface area contributed by atoms with Crippen LogP contribution < -0.4 is 5.32 Å². The SMILES string of the molecule is CC(Sc1ccc(Cl)cc1)C(=O)Nc1nc(-c2ccc3ccccc3c2)cs1. The molecule has 1 aromatic heterocycles. The molecule has 0 spiro atoms. The molecule has 6 heteroatoms. The summed E-state index contributed by atoms with van der Waals surface area (Å²) < 4.78 is 0. The van der Waals surface area contributed by atoms with E-state index in [-0.39, 0.29) is 11.2 Å². The van der Waals surface area contributed by atoms with Crippen molar-refractivity contribution in [2.45, 2.75) is 17.1 Å². The first-order valence-corrected chi connectivity index (χ1v) is 10.9. The topological polar surface area (TPSA) is 42.0 Å². The minimum absolute atomic E-state index is 0.0700. The minimum atomic E-state index is -0.241. The van der Waals surface area contributed by atoms with Crippen LogP contribution in [0.3, 0.4) is 0 Å². The van der Waals surface area contributed by atoms with Gasteiger partial charge < -0.3 is 5.32 Å². The number of hydrogen-bond acceptors (Lipinski definition) is 4. The largest absolute Gasteiger partial charge is 0.301 e. The molecule has 0 saturated heterocycles. The highest BCUT2D eigenvalue weighted by molar-refractivity contribution is 8.00. The fourth-order valence-electron chi connectivity index (χ4n) is 2.79. The van der Waals surface area contributed by atoms with Crippen molar-refractivity contribution in [3.05, 3.63) is 77.1 Å². The van der Waals surface area contributed by atoms with E-state index < -0.39 is 0 Å². The van der Waals surface area contributed by atoms with Gasteiger partial charge >= 0.3 is 0 Å². The van der Waals surface area contributed by atoms with Gasteiger partial charge in [0.2, 0.25) is 5.91 Å². The summed E-state index contributed by atoms with van der Waals surface area (Å²) >= 11 is 8.83. The van der Waals surface area contributed by atoms with Crippen molar-refractivity contribution in [1.82, 2.24) is 4.98 Å². The van der Waals surface area contributed by atoms with Crippen molar-refractivity contribution in [1.29, 1.82) is 0 Å². The number of thioether (sulfide) groups is 1. The molecular formula is C22H17ClN2OS2. The van der Waals surface area contributed by atoms with Gasteiger partial charge in [-0.1, -0.05) is 48.0 Å². The predicted octanol–water partition coefficient (Wildman–Crippen LogP) is 6.74. The number of carbonyl (C=O) groups excluding carboxylic acids is 1. The summed E-state index contributed by atoms with van der Waals surface area (Å²) in [5.41, 5.74) is 1.91. The molecule has 1 atom stereocenters. The van der Waals surface area contributed by atoms with Gasteiger partial charge in [-0.25, -0.2) is 4.98 Å². The number of benzene rings is 3. The van der Waals surface area contributed by atoms with Crippen LogP contribution in [0.1, 0.15) is 6.92 Å². The van der Waals surface area contributed by atoms with E-state index in [1.54, 1.807) is 0 Å². The first-order chi connectivity index (χ1) is 13.6. The molecule has 1 amide bonds. The average molecular weight is 425 g/mol. The van der Waals surface area contributed by atoms with Crippen LogP contribution in [-0.4, -0.2) is 16.1 Å². The highest BCUT2D eigenvalue weighted by atomic mass is 35.5. The maximum atomic E-state index is 12.5. The average Bonchev–Trinajstić information content (AvgIpc) is 3.17. The van der Waals surface area contributed by atoms with Crippen LogP contribution in [0.4, 0.5) is 5.13 Å². The number of halogens is 1. The maximum absolute atomic E-state index is 12.5. The second-order valence-corrected chi connectivity index (χ2v) is 9.01. The lowest BCUT2D eigenvalue weighted by Crippen LogP contribution is -2.22. The zero-order valence-corrected chi connectivity index (χ0v) is 17.4. The molecule has 1 heterocycles. The maximum Gasteiger partial charge on any atom is 0.239 e. The molecule has 28 heavy (non-hydrogen) atoms. The Kier molecular flexibility index (Phi) is 5.67. The number of carbonyl (C=O) groups is 1. The molecule has 4 rings (SSSR count). The van der Waals surface area contributed by atoms with Gasteiger partial charge in [0.05, 0.1) is 10.9 Å². The first-order valence-electron chi connectivity index (χ1n) is 8.76. The normalized spacial score (nSPS) is 12.1. The summed E-state index contributed by atoms with van der Waals surface area (Å²) in [5, 5.41) is 8.31. The molecule has 0 saturated carbocycles. The van der Waals surface area contributed by atoms with Gasteiger partial charge in [0.25, 0.3) is 0 Å². The lowest BCUT2D eigenvalue weighted by Gasteiger charge is -2.10. The fourth-order valence-corrected chi connectivity index (χ4v) is 4.51. The van der Waals surface area contributed by atoms with E-state index in [2.05, 4.69) is 40.6 Å². The van der Waals surface area contributed by atoms with E-state index in [4.69, 9.17) is 11.6 Å². The van der Waals surface area contributed by atoms with Crippen LogP contribution in [0, 0.1) is 0 Å². The molecular weight excluding hydrogens is 408 g/mol. The molecule has 1 unspecified atom stereocenters. The highest BCUT2D eigenvalue weighted by Crippen LogP contribution is 2.29. The van der Waals surface area contributed by atoms with Gasteiger partial charge in [-0.3, -0.25) is 4.79 Å². The number of nitrogens with zero attached hydrogens (tertiary/aromatic N) is 1. The van der Waals surface area contributed by atoms with Gasteiger partial charge in [0.1, 0.15) is 0 Å². The molecule has 140 valence electrons. The summed E-state index contributed by atoms with van der Waals surface area (Å²) in [5.74, 6) is -0.0700. The third-order valence-electron chi connectivity index (χ3n) is 4.28. The number of anilines is 1. The Morgan fingerprint density at radius 2 is 1.82 bits per heavy atom. The van der Waals surface area contributed by atoms with Crippen LogP contribution in [0.2, 0.25) is 5.02 Å². The van der Waals surface area contributed by atoms with E-state index >= 15 is 0 Å². The molecule has 4 aromatic rings. The number of fused-ring (bicyclic) bond motifs is 1. The monoisotopic (exact) mass is 424 g/mol. The number of nitrogens with one attached hydrogen (secondary N) is 1. The van der Waals surface area contributed by atoms with E-state index in [1.165, 1.54) is 33.9 Å². The number of thiazole rings is 1. The van der Waals surface area contributed by atoms with Crippen molar-refractivity contribution in [3.8, 4) is 11.3 Å². The van der Waals surface area contributed by atoms with E-state index in [0.717, 1.165) is 16.2 Å². The second kappa shape index (κ2) is 8.35. The lowest BCUT2D eigenvalue weighted by molar-refractivity contribution is -0.115. The van der Waals surface area contributed by atoms with Crippen LogP contribution in [-0.2, 0) is 4.79 Å². The zero-order valence-electron chi connectivity index (χ0n) is 15.1. The van der Waals surface area contributed by atoms with Gasteiger partial charge in [-0.15, -0.1) is 23.1 Å². The Balaban J connectivity index is 1.44.